The number of anilines is 1. The van der Waals surface area contributed by atoms with E-state index in [9.17, 15) is 0 Å². The summed E-state index contributed by atoms with van der Waals surface area (Å²) in [4.78, 5) is 0. The van der Waals surface area contributed by atoms with E-state index in [0.717, 1.165) is 19.4 Å². The van der Waals surface area contributed by atoms with E-state index >= 15 is 0 Å². The molecule has 0 radical (unpaired) electrons. The van der Waals surface area contributed by atoms with Crippen molar-refractivity contribution in [3.63, 3.8) is 0 Å². The molecule has 0 atom stereocenters. The molecule has 0 saturated carbocycles. The van der Waals surface area contributed by atoms with Crippen molar-refractivity contribution in [2.24, 2.45) is 5.73 Å². The summed E-state index contributed by atoms with van der Waals surface area (Å²) in [5, 5.41) is 3.48. The first kappa shape index (κ1) is 12.1. The number of hydrogen-bond acceptors (Lipinski definition) is 2. The highest BCUT2D eigenvalue weighted by Crippen LogP contribution is 2.19. The van der Waals surface area contributed by atoms with E-state index in [1.165, 1.54) is 16.8 Å². The first-order valence-electron chi connectivity index (χ1n) is 5.69. The van der Waals surface area contributed by atoms with Crippen molar-refractivity contribution >= 4 is 5.69 Å². The Hall–Kier alpha value is -1.02. The van der Waals surface area contributed by atoms with Gasteiger partial charge in [-0.2, -0.15) is 0 Å². The van der Waals surface area contributed by atoms with Crippen LogP contribution in [0.15, 0.2) is 18.2 Å². The normalized spacial score (nSPS) is 10.7. The lowest BCUT2D eigenvalue weighted by atomic mass is 10.0. The van der Waals surface area contributed by atoms with Gasteiger partial charge in [0.2, 0.25) is 0 Å². The Labute approximate surface area is 92.9 Å². The van der Waals surface area contributed by atoms with E-state index < -0.39 is 0 Å². The summed E-state index contributed by atoms with van der Waals surface area (Å²) in [5.74, 6) is 0. The lowest BCUT2D eigenvalue weighted by Gasteiger charge is -2.15. The monoisotopic (exact) mass is 206 g/mol. The van der Waals surface area contributed by atoms with Crippen LogP contribution < -0.4 is 11.1 Å². The van der Waals surface area contributed by atoms with Crippen LogP contribution in [0, 0.1) is 6.92 Å². The Kier molecular flexibility index (Phi) is 4.63. The van der Waals surface area contributed by atoms with Gasteiger partial charge in [0.05, 0.1) is 0 Å². The van der Waals surface area contributed by atoms with Crippen molar-refractivity contribution in [1.82, 2.24) is 0 Å². The summed E-state index contributed by atoms with van der Waals surface area (Å²) in [6.45, 7) is 7.21. The van der Waals surface area contributed by atoms with Gasteiger partial charge in [-0.3, -0.25) is 0 Å². The summed E-state index contributed by atoms with van der Waals surface area (Å²) in [6, 6.07) is 7.06. The molecule has 0 aromatic heterocycles. The van der Waals surface area contributed by atoms with E-state index in [2.05, 4.69) is 44.3 Å². The molecule has 0 unspecified atom stereocenters. The zero-order chi connectivity index (χ0) is 11.3. The van der Waals surface area contributed by atoms with Crippen molar-refractivity contribution < 1.29 is 0 Å². The predicted octanol–water partition coefficient (Wildman–Crippen LogP) is 2.71. The van der Waals surface area contributed by atoms with Gasteiger partial charge in [0.15, 0.2) is 0 Å². The number of hydrogen-bond donors (Lipinski definition) is 2. The third-order valence-electron chi connectivity index (χ3n) is 2.36. The van der Waals surface area contributed by atoms with Crippen LogP contribution >= 0.6 is 0 Å². The second-order valence-corrected chi connectivity index (χ2v) is 4.35. The van der Waals surface area contributed by atoms with Gasteiger partial charge in [-0.25, -0.2) is 0 Å². The highest BCUT2D eigenvalue weighted by molar-refractivity contribution is 5.53. The smallest absolute Gasteiger partial charge is 0.0377 e. The maximum absolute atomic E-state index is 5.54. The van der Waals surface area contributed by atoms with E-state index in [1.54, 1.807) is 0 Å². The third-order valence-corrected chi connectivity index (χ3v) is 2.36. The Bertz CT molecular complexity index is 305. The Balaban J connectivity index is 2.82. The average Bonchev–Trinajstić information content (AvgIpc) is 2.16. The molecule has 1 aromatic carbocycles. The Morgan fingerprint density at radius 1 is 1.33 bits per heavy atom. The average molecular weight is 206 g/mol. The van der Waals surface area contributed by atoms with E-state index in [-0.39, 0.29) is 0 Å². The summed E-state index contributed by atoms with van der Waals surface area (Å²) in [6.07, 6.45) is 2.11. The minimum atomic E-state index is 0.475. The topological polar surface area (TPSA) is 38.0 Å². The molecular weight excluding hydrogens is 184 g/mol. The molecule has 3 N–H and O–H groups in total. The maximum Gasteiger partial charge on any atom is 0.0377 e. The van der Waals surface area contributed by atoms with Gasteiger partial charge in [-0.1, -0.05) is 12.1 Å². The van der Waals surface area contributed by atoms with E-state index in [0.29, 0.717) is 6.04 Å². The van der Waals surface area contributed by atoms with Crippen LogP contribution in [0.4, 0.5) is 5.69 Å². The Morgan fingerprint density at radius 3 is 2.67 bits per heavy atom. The molecule has 15 heavy (non-hydrogen) atoms. The standard InChI is InChI=1S/C13H22N2/c1-10(2)15-13-9-11(3)6-7-12(13)5-4-8-14/h6-7,9-10,15H,4-5,8,14H2,1-3H3. The lowest BCUT2D eigenvalue weighted by molar-refractivity contribution is 0.826. The first-order valence-corrected chi connectivity index (χ1v) is 5.69. The van der Waals surface area contributed by atoms with Crippen LogP contribution in [0.5, 0.6) is 0 Å². The minimum Gasteiger partial charge on any atom is -0.383 e. The lowest BCUT2D eigenvalue weighted by Crippen LogP contribution is -2.12. The fourth-order valence-electron chi connectivity index (χ4n) is 1.65. The highest BCUT2D eigenvalue weighted by atomic mass is 14.9. The quantitative estimate of drug-likeness (QED) is 0.777. The van der Waals surface area contributed by atoms with Crippen molar-refractivity contribution in [1.29, 1.82) is 0 Å². The fraction of sp³-hybridized carbons (Fsp3) is 0.538. The summed E-state index contributed by atoms with van der Waals surface area (Å²) in [7, 11) is 0. The molecule has 0 aliphatic carbocycles. The van der Waals surface area contributed by atoms with Crippen molar-refractivity contribution in [3.8, 4) is 0 Å². The molecule has 1 rings (SSSR count). The van der Waals surface area contributed by atoms with E-state index in [4.69, 9.17) is 5.73 Å². The molecule has 0 aliphatic rings. The van der Waals surface area contributed by atoms with Gasteiger partial charge in [-0.15, -0.1) is 0 Å². The molecule has 0 spiro atoms. The summed E-state index contributed by atoms with van der Waals surface area (Å²) < 4.78 is 0. The molecule has 2 nitrogen and oxygen atoms in total. The molecule has 1 aromatic rings. The van der Waals surface area contributed by atoms with Gasteiger partial charge in [0.25, 0.3) is 0 Å². The minimum absolute atomic E-state index is 0.475. The van der Waals surface area contributed by atoms with Crippen molar-refractivity contribution in [2.75, 3.05) is 11.9 Å². The van der Waals surface area contributed by atoms with Crippen LogP contribution in [0.3, 0.4) is 0 Å². The second kappa shape index (κ2) is 5.76. The molecule has 0 saturated heterocycles. The van der Waals surface area contributed by atoms with Crippen LogP contribution in [-0.2, 0) is 6.42 Å². The summed E-state index contributed by atoms with van der Waals surface area (Å²) >= 11 is 0. The van der Waals surface area contributed by atoms with Crippen LogP contribution in [-0.4, -0.2) is 12.6 Å². The van der Waals surface area contributed by atoms with Gasteiger partial charge in [0, 0.05) is 11.7 Å². The third kappa shape index (κ3) is 3.92. The van der Waals surface area contributed by atoms with Crippen LogP contribution in [0.25, 0.3) is 0 Å². The largest absolute Gasteiger partial charge is 0.383 e. The number of rotatable bonds is 5. The maximum atomic E-state index is 5.54. The molecule has 0 amide bonds. The number of benzene rings is 1. The predicted molar refractivity (Wildman–Crippen MR) is 67.3 cm³/mol. The van der Waals surface area contributed by atoms with Crippen LogP contribution in [0.2, 0.25) is 0 Å². The van der Waals surface area contributed by atoms with Gasteiger partial charge in [-0.05, 0) is 57.4 Å². The molecule has 0 fully saturated rings. The molecule has 2 heteroatoms. The van der Waals surface area contributed by atoms with Crippen molar-refractivity contribution in [3.05, 3.63) is 29.3 Å². The SMILES string of the molecule is Cc1ccc(CCCN)c(NC(C)C)c1. The van der Waals surface area contributed by atoms with Gasteiger partial charge >= 0.3 is 0 Å². The summed E-state index contributed by atoms with van der Waals surface area (Å²) in [5.41, 5.74) is 9.47. The molecule has 0 heterocycles. The number of aryl methyl sites for hydroxylation is 2. The van der Waals surface area contributed by atoms with Crippen LogP contribution in [0.1, 0.15) is 31.4 Å². The van der Waals surface area contributed by atoms with E-state index in [1.807, 2.05) is 0 Å². The fourth-order valence-corrected chi connectivity index (χ4v) is 1.65. The second-order valence-electron chi connectivity index (χ2n) is 4.35. The molecule has 84 valence electrons. The number of nitrogens with one attached hydrogen (secondary N) is 1. The van der Waals surface area contributed by atoms with Gasteiger partial charge in [0.1, 0.15) is 0 Å². The van der Waals surface area contributed by atoms with Crippen molar-refractivity contribution in [2.45, 2.75) is 39.7 Å². The number of nitrogens with two attached hydrogens (primary N) is 1. The van der Waals surface area contributed by atoms with Gasteiger partial charge < -0.3 is 11.1 Å². The highest BCUT2D eigenvalue weighted by Gasteiger charge is 2.03. The first-order chi connectivity index (χ1) is 7.13. The molecule has 0 aliphatic heterocycles. The Morgan fingerprint density at radius 2 is 2.07 bits per heavy atom. The zero-order valence-corrected chi connectivity index (χ0v) is 10.0. The molecule has 0 bridgehead atoms. The zero-order valence-electron chi connectivity index (χ0n) is 10.0. The molecular formula is C13H22N2.